The number of benzene rings is 1. The number of ether oxygens (including phenoxy) is 1. The van der Waals surface area contributed by atoms with Gasteiger partial charge in [-0.05, 0) is 23.8 Å². The van der Waals surface area contributed by atoms with Gasteiger partial charge in [-0.2, -0.15) is 0 Å². The SMILES string of the molecule is CC(=O)NC[C@H]1CN(c2ccc(C3=CCOS(=O)C3)c(F)c2)C(=O)O1. The van der Waals surface area contributed by atoms with Crippen LogP contribution in [0.25, 0.3) is 5.57 Å². The van der Waals surface area contributed by atoms with Gasteiger partial charge in [0.2, 0.25) is 5.91 Å². The molecule has 2 heterocycles. The molecule has 0 spiro atoms. The van der Waals surface area contributed by atoms with Crippen molar-refractivity contribution >= 4 is 34.3 Å². The molecular weight excluding hydrogens is 351 g/mol. The van der Waals surface area contributed by atoms with Crippen molar-refractivity contribution in [1.82, 2.24) is 5.32 Å². The Bertz CT molecular complexity index is 767. The third kappa shape index (κ3) is 4.05. The van der Waals surface area contributed by atoms with Gasteiger partial charge in [-0.1, -0.05) is 6.08 Å². The molecule has 0 aliphatic carbocycles. The molecule has 9 heteroatoms. The first kappa shape index (κ1) is 17.6. The second-order valence-corrected chi connectivity index (χ2v) is 6.81. The molecule has 2 aliphatic rings. The lowest BCUT2D eigenvalue weighted by atomic mass is 10.1. The smallest absolute Gasteiger partial charge is 0.414 e. The number of halogens is 1. The second kappa shape index (κ2) is 7.32. The van der Waals surface area contributed by atoms with Crippen LogP contribution in [-0.2, 0) is 24.8 Å². The zero-order valence-corrected chi connectivity index (χ0v) is 14.3. The van der Waals surface area contributed by atoms with E-state index >= 15 is 0 Å². The lowest BCUT2D eigenvalue weighted by molar-refractivity contribution is -0.119. The van der Waals surface area contributed by atoms with Gasteiger partial charge in [-0.25, -0.2) is 13.4 Å². The first-order chi connectivity index (χ1) is 11.9. The Labute approximate surface area is 146 Å². The zero-order chi connectivity index (χ0) is 18.0. The summed E-state index contributed by atoms with van der Waals surface area (Å²) in [6, 6.07) is 4.41. The predicted octanol–water partition coefficient (Wildman–Crippen LogP) is 1.36. The minimum Gasteiger partial charge on any atom is -0.442 e. The molecule has 7 nitrogen and oxygen atoms in total. The van der Waals surface area contributed by atoms with Crippen LogP contribution in [0.3, 0.4) is 0 Å². The third-order valence-electron chi connectivity index (χ3n) is 3.87. The van der Waals surface area contributed by atoms with Crippen LogP contribution in [-0.4, -0.2) is 47.8 Å². The predicted molar refractivity (Wildman–Crippen MR) is 89.6 cm³/mol. The molecule has 1 aromatic carbocycles. The highest BCUT2D eigenvalue weighted by atomic mass is 32.2. The van der Waals surface area contributed by atoms with Gasteiger partial charge in [0.05, 0.1) is 31.1 Å². The average molecular weight is 368 g/mol. The van der Waals surface area contributed by atoms with Crippen LogP contribution in [0.4, 0.5) is 14.9 Å². The van der Waals surface area contributed by atoms with E-state index in [4.69, 9.17) is 8.92 Å². The van der Waals surface area contributed by atoms with Gasteiger partial charge in [0.25, 0.3) is 0 Å². The molecule has 0 aromatic heterocycles. The summed E-state index contributed by atoms with van der Waals surface area (Å²) in [5, 5.41) is 2.58. The Morgan fingerprint density at radius 1 is 1.48 bits per heavy atom. The maximum Gasteiger partial charge on any atom is 0.414 e. The molecule has 2 atom stereocenters. The van der Waals surface area contributed by atoms with E-state index in [0.29, 0.717) is 16.8 Å². The summed E-state index contributed by atoms with van der Waals surface area (Å²) < 4.78 is 36.0. The molecule has 134 valence electrons. The van der Waals surface area contributed by atoms with E-state index < -0.39 is 29.1 Å². The van der Waals surface area contributed by atoms with Gasteiger partial charge in [0.1, 0.15) is 11.9 Å². The van der Waals surface area contributed by atoms with Gasteiger partial charge >= 0.3 is 6.09 Å². The van der Waals surface area contributed by atoms with Gasteiger partial charge in [-0.15, -0.1) is 0 Å². The number of anilines is 1. The monoisotopic (exact) mass is 368 g/mol. The summed E-state index contributed by atoms with van der Waals surface area (Å²) in [5.41, 5.74) is 1.31. The molecule has 0 saturated carbocycles. The Kier molecular flexibility index (Phi) is 5.14. The Morgan fingerprint density at radius 3 is 2.96 bits per heavy atom. The van der Waals surface area contributed by atoms with Crippen LogP contribution in [0, 0.1) is 5.82 Å². The lowest BCUT2D eigenvalue weighted by Crippen LogP contribution is -2.33. The highest BCUT2D eigenvalue weighted by Crippen LogP contribution is 2.28. The molecule has 2 amide bonds. The first-order valence-corrected chi connectivity index (χ1v) is 8.91. The van der Waals surface area contributed by atoms with Crippen molar-refractivity contribution in [2.24, 2.45) is 0 Å². The molecule has 0 bridgehead atoms. The fourth-order valence-electron chi connectivity index (χ4n) is 2.65. The summed E-state index contributed by atoms with van der Waals surface area (Å²) in [6.07, 6.45) is 0.612. The van der Waals surface area contributed by atoms with Crippen molar-refractivity contribution in [2.75, 3.05) is 30.3 Å². The Balaban J connectivity index is 1.74. The fraction of sp³-hybridized carbons (Fsp3) is 0.375. The fourth-order valence-corrected chi connectivity index (χ4v) is 3.48. The van der Waals surface area contributed by atoms with Crippen LogP contribution in [0.1, 0.15) is 12.5 Å². The average Bonchev–Trinajstić information content (AvgIpc) is 2.94. The second-order valence-electron chi connectivity index (χ2n) is 5.68. The number of amides is 2. The van der Waals surface area contributed by atoms with Crippen molar-refractivity contribution in [3.63, 3.8) is 0 Å². The molecule has 1 N–H and O–H groups in total. The summed E-state index contributed by atoms with van der Waals surface area (Å²) in [7, 11) is 0. The molecule has 25 heavy (non-hydrogen) atoms. The Morgan fingerprint density at radius 2 is 2.28 bits per heavy atom. The number of hydrogen-bond donors (Lipinski definition) is 1. The number of carbonyl (C=O) groups excluding carboxylic acids is 2. The van der Waals surface area contributed by atoms with Gasteiger partial charge in [-0.3, -0.25) is 13.9 Å². The number of cyclic esters (lactones) is 1. The number of nitrogens with zero attached hydrogens (tertiary/aromatic N) is 1. The number of carbonyl (C=O) groups is 2. The molecule has 2 aliphatic heterocycles. The van der Waals surface area contributed by atoms with Crippen molar-refractivity contribution < 1.29 is 27.1 Å². The highest BCUT2D eigenvalue weighted by molar-refractivity contribution is 7.80. The van der Waals surface area contributed by atoms with E-state index in [-0.39, 0.29) is 31.4 Å². The van der Waals surface area contributed by atoms with Crippen LogP contribution in [0.5, 0.6) is 0 Å². The van der Waals surface area contributed by atoms with Crippen molar-refractivity contribution in [2.45, 2.75) is 13.0 Å². The molecule has 1 aromatic rings. The van der Waals surface area contributed by atoms with Gasteiger partial charge in [0, 0.05) is 12.5 Å². The summed E-state index contributed by atoms with van der Waals surface area (Å²) >= 11 is -1.46. The van der Waals surface area contributed by atoms with Crippen LogP contribution < -0.4 is 10.2 Å². The molecular formula is C16H17FN2O5S. The summed E-state index contributed by atoms with van der Waals surface area (Å²) in [4.78, 5) is 24.2. The van der Waals surface area contributed by atoms with Gasteiger partial charge in [0.15, 0.2) is 11.1 Å². The van der Waals surface area contributed by atoms with E-state index in [1.807, 2.05) is 0 Å². The maximum atomic E-state index is 14.5. The molecule has 1 fully saturated rings. The third-order valence-corrected chi connectivity index (χ3v) is 4.81. The molecule has 1 saturated heterocycles. The normalized spacial score (nSPS) is 23.2. The van der Waals surface area contributed by atoms with E-state index in [1.54, 1.807) is 18.2 Å². The number of nitrogens with one attached hydrogen (secondary N) is 1. The number of hydrogen-bond acceptors (Lipinski definition) is 5. The quantitative estimate of drug-likeness (QED) is 0.868. The zero-order valence-electron chi connectivity index (χ0n) is 13.5. The van der Waals surface area contributed by atoms with Gasteiger partial charge < -0.3 is 10.1 Å². The molecule has 0 radical (unpaired) electrons. The van der Waals surface area contributed by atoms with E-state index in [0.717, 1.165) is 0 Å². The largest absolute Gasteiger partial charge is 0.442 e. The standard InChI is InChI=1S/C16H17FN2O5S/c1-10(20)18-7-13-8-19(16(21)24-13)12-2-3-14(15(17)6-12)11-4-5-23-25(22)9-11/h2-4,6,13H,5,7-9H2,1H3,(H,18,20)/t13-,25?/m0/s1. The Hall–Kier alpha value is -2.26. The maximum absolute atomic E-state index is 14.5. The van der Waals surface area contributed by atoms with Crippen molar-refractivity contribution in [3.05, 3.63) is 35.7 Å². The highest BCUT2D eigenvalue weighted by Gasteiger charge is 2.32. The lowest BCUT2D eigenvalue weighted by Gasteiger charge is -2.17. The van der Waals surface area contributed by atoms with Crippen LogP contribution >= 0.6 is 0 Å². The van der Waals surface area contributed by atoms with Crippen molar-refractivity contribution in [3.8, 4) is 0 Å². The summed E-state index contributed by atoms with van der Waals surface area (Å²) in [6.45, 7) is 1.97. The molecule has 3 rings (SSSR count). The van der Waals surface area contributed by atoms with Crippen LogP contribution in [0.2, 0.25) is 0 Å². The number of rotatable bonds is 4. The minimum absolute atomic E-state index is 0.126. The van der Waals surface area contributed by atoms with E-state index in [9.17, 15) is 18.2 Å². The topological polar surface area (TPSA) is 84.9 Å². The molecule has 1 unspecified atom stereocenters. The van der Waals surface area contributed by atoms with Crippen LogP contribution in [0.15, 0.2) is 24.3 Å². The minimum atomic E-state index is -1.46. The first-order valence-electron chi connectivity index (χ1n) is 7.67. The van der Waals surface area contributed by atoms with Crippen molar-refractivity contribution in [1.29, 1.82) is 0 Å². The van der Waals surface area contributed by atoms with E-state index in [2.05, 4.69) is 5.32 Å². The van der Waals surface area contributed by atoms with E-state index in [1.165, 1.54) is 17.9 Å². The summed E-state index contributed by atoms with van der Waals surface area (Å²) in [5.74, 6) is -0.603.